The van der Waals surface area contributed by atoms with Crippen molar-refractivity contribution in [3.63, 3.8) is 0 Å². The molecule has 0 heterocycles. The van der Waals surface area contributed by atoms with Crippen LogP contribution in [0.3, 0.4) is 0 Å². The first-order valence-corrected chi connectivity index (χ1v) is 7.90. The van der Waals surface area contributed by atoms with Gasteiger partial charge in [-0.05, 0) is 31.2 Å². The number of nitro benzene ring substituents is 1. The fourth-order valence-electron chi connectivity index (χ4n) is 2.30. The number of rotatable bonds is 7. The van der Waals surface area contributed by atoms with Gasteiger partial charge in [0.25, 0.3) is 11.6 Å². The first kappa shape index (κ1) is 18.9. The van der Waals surface area contributed by atoms with Crippen LogP contribution in [0.25, 0.3) is 0 Å². The quantitative estimate of drug-likeness (QED) is 0.450. The summed E-state index contributed by atoms with van der Waals surface area (Å²) in [6.45, 7) is 3.50. The highest BCUT2D eigenvalue weighted by atomic mass is 16.6. The molecule has 0 unspecified atom stereocenters. The molecule has 0 aliphatic heterocycles. The molecule has 0 atom stereocenters. The minimum atomic E-state index is -0.486. The largest absolute Gasteiger partial charge is 0.492 e. The van der Waals surface area contributed by atoms with Gasteiger partial charge in [0, 0.05) is 35.9 Å². The average Bonchev–Trinajstić information content (AvgIpc) is 2.58. The first-order valence-electron chi connectivity index (χ1n) is 7.90. The van der Waals surface area contributed by atoms with Crippen molar-refractivity contribution in [3.8, 4) is 5.75 Å². The van der Waals surface area contributed by atoms with Gasteiger partial charge in [0.15, 0.2) is 0 Å². The number of carbonyl (C=O) groups is 2. The SMILES string of the molecule is CC(=O)Nc1cccc(OCCNC(=O)c2ccc([N+](=O)[O-])c(C)c2)c1. The average molecular weight is 357 g/mol. The molecule has 0 spiro atoms. The van der Waals surface area contributed by atoms with Gasteiger partial charge in [-0.15, -0.1) is 0 Å². The van der Waals surface area contributed by atoms with E-state index in [2.05, 4.69) is 10.6 Å². The smallest absolute Gasteiger partial charge is 0.272 e. The zero-order chi connectivity index (χ0) is 19.1. The lowest BCUT2D eigenvalue weighted by Gasteiger charge is -2.09. The molecule has 26 heavy (non-hydrogen) atoms. The number of nitrogens with one attached hydrogen (secondary N) is 2. The summed E-state index contributed by atoms with van der Waals surface area (Å²) in [5.41, 5.74) is 1.37. The second-order valence-corrected chi connectivity index (χ2v) is 5.57. The summed E-state index contributed by atoms with van der Waals surface area (Å²) >= 11 is 0. The summed E-state index contributed by atoms with van der Waals surface area (Å²) < 4.78 is 5.53. The Hall–Kier alpha value is -3.42. The zero-order valence-electron chi connectivity index (χ0n) is 14.4. The van der Waals surface area contributed by atoms with Crippen LogP contribution in [0, 0.1) is 17.0 Å². The Morgan fingerprint density at radius 3 is 2.62 bits per heavy atom. The number of anilines is 1. The topological polar surface area (TPSA) is 111 Å². The van der Waals surface area contributed by atoms with Crippen molar-refractivity contribution in [1.29, 1.82) is 0 Å². The van der Waals surface area contributed by atoms with E-state index in [0.717, 1.165) is 0 Å². The van der Waals surface area contributed by atoms with Crippen molar-refractivity contribution in [3.05, 3.63) is 63.7 Å². The Balaban J connectivity index is 1.84. The van der Waals surface area contributed by atoms with Crippen LogP contribution in [0.5, 0.6) is 5.75 Å². The van der Waals surface area contributed by atoms with E-state index >= 15 is 0 Å². The molecule has 0 fully saturated rings. The predicted molar refractivity (Wildman–Crippen MR) is 96.4 cm³/mol. The minimum Gasteiger partial charge on any atom is -0.492 e. The van der Waals surface area contributed by atoms with Gasteiger partial charge < -0.3 is 15.4 Å². The number of hydrogen-bond acceptors (Lipinski definition) is 5. The second kappa shape index (κ2) is 8.61. The molecule has 0 aliphatic carbocycles. The molecule has 0 aromatic heterocycles. The van der Waals surface area contributed by atoms with Gasteiger partial charge in [0.1, 0.15) is 12.4 Å². The standard InChI is InChI=1S/C18H19N3O5/c1-12-10-14(6-7-17(12)21(24)25)18(23)19-8-9-26-16-5-3-4-15(11-16)20-13(2)22/h3-7,10-11H,8-9H2,1-2H3,(H,19,23)(H,20,22). The number of amides is 2. The monoisotopic (exact) mass is 357 g/mol. The Kier molecular flexibility index (Phi) is 6.26. The number of benzene rings is 2. The summed E-state index contributed by atoms with van der Waals surface area (Å²) in [5.74, 6) is 0.0584. The van der Waals surface area contributed by atoms with E-state index in [0.29, 0.717) is 22.6 Å². The summed E-state index contributed by atoms with van der Waals surface area (Å²) in [6.07, 6.45) is 0. The van der Waals surface area contributed by atoms with Crippen molar-refractivity contribution in [2.45, 2.75) is 13.8 Å². The van der Waals surface area contributed by atoms with Crippen LogP contribution < -0.4 is 15.4 Å². The summed E-state index contributed by atoms with van der Waals surface area (Å²) in [5, 5.41) is 16.1. The molecule has 2 aromatic carbocycles. The Labute approximate surface area is 150 Å². The number of carbonyl (C=O) groups excluding carboxylic acids is 2. The maximum absolute atomic E-state index is 12.1. The molecule has 2 amide bonds. The van der Waals surface area contributed by atoms with Gasteiger partial charge in [-0.1, -0.05) is 6.07 Å². The fourth-order valence-corrected chi connectivity index (χ4v) is 2.30. The van der Waals surface area contributed by atoms with E-state index in [4.69, 9.17) is 4.74 Å². The maximum Gasteiger partial charge on any atom is 0.272 e. The number of aryl methyl sites for hydroxylation is 1. The minimum absolute atomic E-state index is 0.0241. The van der Waals surface area contributed by atoms with Crippen molar-refractivity contribution < 1.29 is 19.2 Å². The molecular weight excluding hydrogens is 338 g/mol. The van der Waals surface area contributed by atoms with E-state index in [1.807, 2.05) is 0 Å². The molecule has 8 nitrogen and oxygen atoms in total. The molecule has 0 aliphatic rings. The van der Waals surface area contributed by atoms with Crippen molar-refractivity contribution in [1.82, 2.24) is 5.32 Å². The number of ether oxygens (including phenoxy) is 1. The highest BCUT2D eigenvalue weighted by molar-refractivity contribution is 5.94. The van der Waals surface area contributed by atoms with Gasteiger partial charge in [0.05, 0.1) is 11.5 Å². The van der Waals surface area contributed by atoms with Crippen LogP contribution in [0.2, 0.25) is 0 Å². The summed E-state index contributed by atoms with van der Waals surface area (Å²) in [6, 6.07) is 11.1. The number of nitro groups is 1. The molecule has 8 heteroatoms. The van der Waals surface area contributed by atoms with Gasteiger partial charge in [-0.2, -0.15) is 0 Å². The summed E-state index contributed by atoms with van der Waals surface area (Å²) in [4.78, 5) is 33.4. The number of hydrogen-bond donors (Lipinski definition) is 2. The normalized spacial score (nSPS) is 10.1. The van der Waals surface area contributed by atoms with Gasteiger partial charge in [0.2, 0.25) is 5.91 Å². The van der Waals surface area contributed by atoms with E-state index in [9.17, 15) is 19.7 Å². The molecule has 2 aromatic rings. The summed E-state index contributed by atoms with van der Waals surface area (Å²) in [7, 11) is 0. The zero-order valence-corrected chi connectivity index (χ0v) is 14.4. The van der Waals surface area contributed by atoms with Crippen molar-refractivity contribution >= 4 is 23.2 Å². The molecular formula is C18H19N3O5. The first-order chi connectivity index (χ1) is 12.4. The lowest BCUT2D eigenvalue weighted by molar-refractivity contribution is -0.385. The molecule has 2 N–H and O–H groups in total. The van der Waals surface area contributed by atoms with Crippen molar-refractivity contribution in [2.24, 2.45) is 0 Å². The fraction of sp³-hybridized carbons (Fsp3) is 0.222. The van der Waals surface area contributed by atoms with E-state index in [-0.39, 0.29) is 30.7 Å². The third-order valence-corrected chi connectivity index (χ3v) is 3.47. The Morgan fingerprint density at radius 1 is 1.19 bits per heavy atom. The third kappa shape index (κ3) is 5.30. The Morgan fingerprint density at radius 2 is 1.96 bits per heavy atom. The van der Waals surface area contributed by atoms with Crippen LogP contribution >= 0.6 is 0 Å². The molecule has 0 radical (unpaired) electrons. The predicted octanol–water partition coefficient (Wildman–Crippen LogP) is 2.67. The lowest BCUT2D eigenvalue weighted by Crippen LogP contribution is -2.28. The van der Waals surface area contributed by atoms with E-state index in [1.165, 1.54) is 25.1 Å². The van der Waals surface area contributed by atoms with Crippen LogP contribution in [0.15, 0.2) is 42.5 Å². The van der Waals surface area contributed by atoms with Gasteiger partial charge in [-0.3, -0.25) is 19.7 Å². The van der Waals surface area contributed by atoms with Crippen LogP contribution in [0.1, 0.15) is 22.8 Å². The highest BCUT2D eigenvalue weighted by Crippen LogP contribution is 2.19. The Bertz CT molecular complexity index is 835. The van der Waals surface area contributed by atoms with E-state index in [1.54, 1.807) is 31.2 Å². The van der Waals surface area contributed by atoms with Crippen LogP contribution in [-0.2, 0) is 4.79 Å². The van der Waals surface area contributed by atoms with Crippen molar-refractivity contribution in [2.75, 3.05) is 18.5 Å². The molecule has 136 valence electrons. The third-order valence-electron chi connectivity index (χ3n) is 3.47. The van der Waals surface area contributed by atoms with Gasteiger partial charge in [-0.25, -0.2) is 0 Å². The van der Waals surface area contributed by atoms with Crippen LogP contribution in [-0.4, -0.2) is 29.9 Å². The lowest BCUT2D eigenvalue weighted by atomic mass is 10.1. The molecule has 0 saturated heterocycles. The number of nitrogens with zero attached hydrogens (tertiary/aromatic N) is 1. The second-order valence-electron chi connectivity index (χ2n) is 5.57. The highest BCUT2D eigenvalue weighted by Gasteiger charge is 2.13. The van der Waals surface area contributed by atoms with E-state index < -0.39 is 4.92 Å². The van der Waals surface area contributed by atoms with Gasteiger partial charge >= 0.3 is 0 Å². The maximum atomic E-state index is 12.1. The van der Waals surface area contributed by atoms with Crippen LogP contribution in [0.4, 0.5) is 11.4 Å². The molecule has 0 saturated carbocycles. The molecule has 0 bridgehead atoms. The molecule has 2 rings (SSSR count).